The monoisotopic (exact) mass is 194 g/mol. The number of rotatable bonds is 4. The predicted molar refractivity (Wildman–Crippen MR) is 56.3 cm³/mol. The molecule has 0 atom stereocenters. The highest BCUT2D eigenvalue weighted by Crippen LogP contribution is 2.17. The van der Waals surface area contributed by atoms with Crippen LogP contribution in [0.2, 0.25) is 0 Å². The molecule has 3 heteroatoms. The van der Waals surface area contributed by atoms with Crippen molar-refractivity contribution in [3.63, 3.8) is 0 Å². The van der Waals surface area contributed by atoms with Gasteiger partial charge in [-0.15, -0.1) is 0 Å². The summed E-state index contributed by atoms with van der Waals surface area (Å²) in [6.45, 7) is 6.04. The van der Waals surface area contributed by atoms with Crippen molar-refractivity contribution in [2.45, 2.75) is 33.6 Å². The van der Waals surface area contributed by atoms with Gasteiger partial charge in [0.05, 0.1) is 11.8 Å². The first-order chi connectivity index (χ1) is 6.61. The number of aryl methyl sites for hydroxylation is 1. The topological polar surface area (TPSA) is 34.9 Å². The van der Waals surface area contributed by atoms with E-state index in [4.69, 9.17) is 0 Å². The third-order valence-electron chi connectivity index (χ3n) is 2.86. The molecule has 0 aliphatic heterocycles. The molecule has 14 heavy (non-hydrogen) atoms. The van der Waals surface area contributed by atoms with E-state index in [9.17, 15) is 4.79 Å². The molecule has 0 spiro atoms. The number of carbonyl (C=O) groups is 1. The van der Waals surface area contributed by atoms with Gasteiger partial charge in [-0.1, -0.05) is 13.8 Å². The number of carbonyl (C=O) groups excluding carboxylic acids is 1. The Labute approximate surface area is 85.1 Å². The fraction of sp³-hybridized carbons (Fsp3) is 0.636. The van der Waals surface area contributed by atoms with Crippen LogP contribution in [0, 0.1) is 12.8 Å². The maximum atomic E-state index is 12.0. The Morgan fingerprint density at radius 2 is 2.07 bits per heavy atom. The standard InChI is InChI=1S/C11H18N2O/c1-5-9(6-2)11(14)10-7-12-13(4)8(10)3/h7,9H,5-6H2,1-4H3. The lowest BCUT2D eigenvalue weighted by molar-refractivity contribution is 0.0912. The van der Waals surface area contributed by atoms with Gasteiger partial charge < -0.3 is 0 Å². The second-order valence-electron chi connectivity index (χ2n) is 3.64. The molecule has 0 fully saturated rings. The zero-order valence-corrected chi connectivity index (χ0v) is 9.37. The third-order valence-corrected chi connectivity index (χ3v) is 2.86. The quantitative estimate of drug-likeness (QED) is 0.689. The van der Waals surface area contributed by atoms with Gasteiger partial charge in [-0.25, -0.2) is 0 Å². The summed E-state index contributed by atoms with van der Waals surface area (Å²) in [6.07, 6.45) is 3.49. The van der Waals surface area contributed by atoms with Crippen molar-refractivity contribution in [1.82, 2.24) is 9.78 Å². The maximum Gasteiger partial charge on any atom is 0.169 e. The molecule has 0 aliphatic rings. The first-order valence-electron chi connectivity index (χ1n) is 5.14. The van der Waals surface area contributed by atoms with Gasteiger partial charge in [-0.3, -0.25) is 9.48 Å². The Balaban J connectivity index is 2.94. The van der Waals surface area contributed by atoms with Crippen molar-refractivity contribution in [1.29, 1.82) is 0 Å². The lowest BCUT2D eigenvalue weighted by atomic mass is 9.93. The van der Waals surface area contributed by atoms with Crippen molar-refractivity contribution in [3.05, 3.63) is 17.5 Å². The highest BCUT2D eigenvalue weighted by atomic mass is 16.1. The Bertz CT molecular complexity index is 324. The Hall–Kier alpha value is -1.12. The summed E-state index contributed by atoms with van der Waals surface area (Å²) in [6, 6.07) is 0. The number of hydrogen-bond acceptors (Lipinski definition) is 2. The van der Waals surface area contributed by atoms with Crippen LogP contribution in [0.3, 0.4) is 0 Å². The first-order valence-corrected chi connectivity index (χ1v) is 5.14. The highest BCUT2D eigenvalue weighted by Gasteiger charge is 2.19. The summed E-state index contributed by atoms with van der Waals surface area (Å²) in [4.78, 5) is 12.0. The minimum atomic E-state index is 0.151. The highest BCUT2D eigenvalue weighted by molar-refractivity contribution is 5.98. The molecule has 0 saturated heterocycles. The molecule has 1 rings (SSSR count). The van der Waals surface area contributed by atoms with E-state index in [1.54, 1.807) is 10.9 Å². The van der Waals surface area contributed by atoms with Crippen LogP contribution < -0.4 is 0 Å². The number of aromatic nitrogens is 2. The molecular weight excluding hydrogens is 176 g/mol. The van der Waals surface area contributed by atoms with Crippen molar-refractivity contribution in [2.24, 2.45) is 13.0 Å². The Morgan fingerprint density at radius 3 is 2.43 bits per heavy atom. The average molecular weight is 194 g/mol. The molecule has 1 aromatic heterocycles. The zero-order valence-electron chi connectivity index (χ0n) is 9.37. The van der Waals surface area contributed by atoms with Crippen LogP contribution in [-0.2, 0) is 7.05 Å². The minimum absolute atomic E-state index is 0.151. The molecule has 78 valence electrons. The summed E-state index contributed by atoms with van der Waals surface area (Å²) < 4.78 is 1.75. The lowest BCUT2D eigenvalue weighted by Gasteiger charge is -2.09. The number of ketones is 1. The normalized spacial score (nSPS) is 10.9. The molecule has 1 aromatic rings. The van der Waals surface area contributed by atoms with Crippen molar-refractivity contribution in [2.75, 3.05) is 0 Å². The fourth-order valence-electron chi connectivity index (χ4n) is 1.62. The second-order valence-corrected chi connectivity index (χ2v) is 3.64. The van der Waals surface area contributed by atoms with Crippen LogP contribution in [0.5, 0.6) is 0 Å². The minimum Gasteiger partial charge on any atom is -0.294 e. The molecule has 0 unspecified atom stereocenters. The summed E-state index contributed by atoms with van der Waals surface area (Å²) in [5, 5.41) is 4.08. The van der Waals surface area contributed by atoms with Crippen molar-refractivity contribution >= 4 is 5.78 Å². The van der Waals surface area contributed by atoms with Gasteiger partial charge in [0, 0.05) is 18.7 Å². The maximum absolute atomic E-state index is 12.0. The summed E-state index contributed by atoms with van der Waals surface area (Å²) >= 11 is 0. The van der Waals surface area contributed by atoms with Gasteiger partial charge in [0.1, 0.15) is 0 Å². The molecule has 0 aliphatic carbocycles. The number of nitrogens with zero attached hydrogens (tertiary/aromatic N) is 2. The van der Waals surface area contributed by atoms with E-state index in [0.717, 1.165) is 24.1 Å². The fourth-order valence-corrected chi connectivity index (χ4v) is 1.62. The van der Waals surface area contributed by atoms with Gasteiger partial charge in [0.15, 0.2) is 5.78 Å². The molecule has 0 saturated carbocycles. The van der Waals surface area contributed by atoms with E-state index in [0.29, 0.717) is 0 Å². The molecule has 0 amide bonds. The Morgan fingerprint density at radius 1 is 1.50 bits per heavy atom. The van der Waals surface area contributed by atoms with E-state index in [1.807, 2.05) is 14.0 Å². The van der Waals surface area contributed by atoms with Gasteiger partial charge in [-0.05, 0) is 19.8 Å². The first kappa shape index (κ1) is 11.0. The molecule has 0 N–H and O–H groups in total. The van der Waals surface area contributed by atoms with Gasteiger partial charge in [0.25, 0.3) is 0 Å². The van der Waals surface area contributed by atoms with Gasteiger partial charge in [-0.2, -0.15) is 5.10 Å². The molecule has 1 heterocycles. The summed E-state index contributed by atoms with van der Waals surface area (Å²) in [5.41, 5.74) is 1.74. The van der Waals surface area contributed by atoms with Crippen LogP contribution in [-0.4, -0.2) is 15.6 Å². The van der Waals surface area contributed by atoms with Crippen LogP contribution in [0.15, 0.2) is 6.20 Å². The average Bonchev–Trinajstić information content (AvgIpc) is 2.49. The molecule has 3 nitrogen and oxygen atoms in total. The third kappa shape index (κ3) is 1.86. The SMILES string of the molecule is CCC(CC)C(=O)c1cnn(C)c1C. The smallest absolute Gasteiger partial charge is 0.169 e. The molecular formula is C11H18N2O. The molecule has 0 bridgehead atoms. The van der Waals surface area contributed by atoms with Gasteiger partial charge >= 0.3 is 0 Å². The molecule has 0 aromatic carbocycles. The van der Waals surface area contributed by atoms with Crippen molar-refractivity contribution < 1.29 is 4.79 Å². The van der Waals surface area contributed by atoms with E-state index in [-0.39, 0.29) is 11.7 Å². The van der Waals surface area contributed by atoms with Crippen LogP contribution in [0.4, 0.5) is 0 Å². The van der Waals surface area contributed by atoms with Crippen LogP contribution in [0.1, 0.15) is 42.7 Å². The van der Waals surface area contributed by atoms with E-state index in [1.165, 1.54) is 0 Å². The number of Topliss-reactive ketones (excluding diaryl/α,β-unsaturated/α-hetero) is 1. The molecule has 0 radical (unpaired) electrons. The largest absolute Gasteiger partial charge is 0.294 e. The predicted octanol–water partition coefficient (Wildman–Crippen LogP) is 2.35. The summed E-state index contributed by atoms with van der Waals surface area (Å²) in [7, 11) is 1.86. The number of hydrogen-bond donors (Lipinski definition) is 0. The van der Waals surface area contributed by atoms with Crippen molar-refractivity contribution in [3.8, 4) is 0 Å². The second kappa shape index (κ2) is 4.40. The van der Waals surface area contributed by atoms with E-state index >= 15 is 0 Å². The summed E-state index contributed by atoms with van der Waals surface area (Å²) in [5.74, 6) is 0.388. The zero-order chi connectivity index (χ0) is 10.7. The lowest BCUT2D eigenvalue weighted by Crippen LogP contribution is -2.13. The Kier molecular flexibility index (Phi) is 3.44. The van der Waals surface area contributed by atoms with Gasteiger partial charge in [0.2, 0.25) is 0 Å². The van der Waals surface area contributed by atoms with E-state index in [2.05, 4.69) is 18.9 Å². The van der Waals surface area contributed by atoms with Crippen LogP contribution in [0.25, 0.3) is 0 Å². The van der Waals surface area contributed by atoms with Crippen LogP contribution >= 0.6 is 0 Å². The van der Waals surface area contributed by atoms with E-state index < -0.39 is 0 Å².